The van der Waals surface area contributed by atoms with Crippen LogP contribution in [0.5, 0.6) is 5.75 Å². The number of hydrogen-bond acceptors (Lipinski definition) is 4. The van der Waals surface area contributed by atoms with Crippen LogP contribution in [0.3, 0.4) is 0 Å². The minimum absolute atomic E-state index is 0.128. The summed E-state index contributed by atoms with van der Waals surface area (Å²) in [6, 6.07) is 14.5. The van der Waals surface area contributed by atoms with Crippen LogP contribution in [0.2, 0.25) is 5.02 Å². The molecule has 1 aliphatic heterocycles. The third-order valence-corrected chi connectivity index (χ3v) is 5.33. The molecule has 1 unspecified atom stereocenters. The maximum absolute atomic E-state index is 12.9. The lowest BCUT2D eigenvalue weighted by Gasteiger charge is -2.20. The van der Waals surface area contributed by atoms with Crippen LogP contribution < -0.4 is 15.0 Å². The zero-order valence-electron chi connectivity index (χ0n) is 16.4. The first-order valence-corrected chi connectivity index (χ1v) is 9.93. The van der Waals surface area contributed by atoms with Crippen LogP contribution in [0.1, 0.15) is 12.0 Å². The average molecular weight is 425 g/mol. The number of nitrogens with zero attached hydrogens (tertiary/aromatic N) is 3. The molecule has 1 N–H and O–H groups in total. The van der Waals surface area contributed by atoms with E-state index in [1.165, 1.54) is 7.11 Å². The van der Waals surface area contributed by atoms with Crippen molar-refractivity contribution in [2.75, 3.05) is 23.9 Å². The number of amides is 2. The zero-order valence-corrected chi connectivity index (χ0v) is 17.2. The van der Waals surface area contributed by atoms with Gasteiger partial charge in [-0.05, 0) is 35.9 Å². The van der Waals surface area contributed by atoms with Crippen molar-refractivity contribution in [1.29, 1.82) is 0 Å². The summed E-state index contributed by atoms with van der Waals surface area (Å²) < 4.78 is 7.15. The molecule has 0 radical (unpaired) electrons. The normalized spacial score (nSPS) is 16.0. The first-order valence-electron chi connectivity index (χ1n) is 9.55. The molecular weight excluding hydrogens is 404 g/mol. The van der Waals surface area contributed by atoms with Crippen molar-refractivity contribution in [2.24, 2.45) is 5.92 Å². The number of methoxy groups -OCH3 is 1. The van der Waals surface area contributed by atoms with Crippen LogP contribution in [0.4, 0.5) is 11.4 Å². The summed E-state index contributed by atoms with van der Waals surface area (Å²) in [6.45, 7) is 0.807. The summed E-state index contributed by atoms with van der Waals surface area (Å²) in [6.07, 6.45) is 3.71. The number of halogens is 1. The molecule has 0 spiro atoms. The third kappa shape index (κ3) is 4.16. The summed E-state index contributed by atoms with van der Waals surface area (Å²) in [4.78, 5) is 27.1. The van der Waals surface area contributed by atoms with Crippen molar-refractivity contribution >= 4 is 34.8 Å². The van der Waals surface area contributed by atoms with E-state index in [2.05, 4.69) is 10.4 Å². The minimum atomic E-state index is -0.473. The summed E-state index contributed by atoms with van der Waals surface area (Å²) in [7, 11) is 1.54. The molecule has 0 bridgehead atoms. The van der Waals surface area contributed by atoms with Crippen LogP contribution in [0.25, 0.3) is 0 Å². The van der Waals surface area contributed by atoms with E-state index in [9.17, 15) is 9.59 Å². The highest BCUT2D eigenvalue weighted by atomic mass is 35.5. The first-order chi connectivity index (χ1) is 14.5. The third-order valence-electron chi connectivity index (χ3n) is 5.09. The monoisotopic (exact) mass is 424 g/mol. The van der Waals surface area contributed by atoms with Crippen molar-refractivity contribution in [2.45, 2.75) is 13.0 Å². The van der Waals surface area contributed by atoms with Gasteiger partial charge in [-0.1, -0.05) is 29.8 Å². The van der Waals surface area contributed by atoms with Crippen LogP contribution in [0, 0.1) is 5.92 Å². The molecule has 8 heteroatoms. The van der Waals surface area contributed by atoms with Gasteiger partial charge in [0.15, 0.2) is 0 Å². The van der Waals surface area contributed by atoms with Crippen LogP contribution in [-0.2, 0) is 16.1 Å². The van der Waals surface area contributed by atoms with E-state index in [1.54, 1.807) is 34.0 Å². The number of carbonyl (C=O) groups is 2. The molecule has 1 aromatic heterocycles. The minimum Gasteiger partial charge on any atom is -0.495 e. The summed E-state index contributed by atoms with van der Waals surface area (Å²) in [5.41, 5.74) is 2.22. The number of carbonyl (C=O) groups excluding carboxylic acids is 2. The fraction of sp³-hybridized carbons (Fsp3) is 0.227. The maximum Gasteiger partial charge on any atom is 0.229 e. The molecule has 1 atom stereocenters. The number of hydrogen-bond donors (Lipinski definition) is 1. The molecule has 0 saturated carbocycles. The number of nitrogens with one attached hydrogen (secondary N) is 1. The molecule has 154 valence electrons. The predicted molar refractivity (Wildman–Crippen MR) is 115 cm³/mol. The van der Waals surface area contributed by atoms with Gasteiger partial charge in [0.25, 0.3) is 0 Å². The van der Waals surface area contributed by atoms with Gasteiger partial charge in [0.2, 0.25) is 11.8 Å². The number of para-hydroxylation sites is 1. The fourth-order valence-corrected chi connectivity index (χ4v) is 3.74. The van der Waals surface area contributed by atoms with Gasteiger partial charge in [0.05, 0.1) is 25.3 Å². The van der Waals surface area contributed by atoms with Crippen LogP contribution in [0.15, 0.2) is 60.9 Å². The second-order valence-corrected chi connectivity index (χ2v) is 7.51. The second-order valence-electron chi connectivity index (χ2n) is 7.07. The van der Waals surface area contributed by atoms with Crippen molar-refractivity contribution in [3.8, 4) is 5.75 Å². The van der Waals surface area contributed by atoms with Gasteiger partial charge in [-0.2, -0.15) is 5.10 Å². The highest BCUT2D eigenvalue weighted by Gasteiger charge is 2.36. The average Bonchev–Trinajstić information content (AvgIpc) is 3.39. The molecular formula is C22H21ClN4O3. The smallest absolute Gasteiger partial charge is 0.229 e. The summed E-state index contributed by atoms with van der Waals surface area (Å²) >= 11 is 6.10. The summed E-state index contributed by atoms with van der Waals surface area (Å²) in [5.74, 6) is -0.266. The Morgan fingerprint density at radius 2 is 2.10 bits per heavy atom. The standard InChI is InChI=1S/C22H21ClN4O3/c1-30-20-8-7-17(23)12-19(20)27-14-16(11-21(27)28)22(29)25-18-6-3-2-5-15(18)13-26-10-4-9-24-26/h2-10,12,16H,11,13-14H2,1H3,(H,25,29). The Morgan fingerprint density at radius 1 is 1.27 bits per heavy atom. The molecule has 7 nitrogen and oxygen atoms in total. The molecule has 1 saturated heterocycles. The van der Waals surface area contributed by atoms with Gasteiger partial charge < -0.3 is 15.0 Å². The van der Waals surface area contributed by atoms with Gasteiger partial charge in [0, 0.05) is 36.1 Å². The highest BCUT2D eigenvalue weighted by Crippen LogP contribution is 2.35. The Morgan fingerprint density at radius 3 is 2.87 bits per heavy atom. The maximum atomic E-state index is 12.9. The molecule has 2 aromatic carbocycles. The Hall–Kier alpha value is -3.32. The van der Waals surface area contributed by atoms with E-state index in [0.717, 1.165) is 5.56 Å². The lowest BCUT2D eigenvalue weighted by Crippen LogP contribution is -2.28. The van der Waals surface area contributed by atoms with Crippen molar-refractivity contribution in [3.05, 3.63) is 71.5 Å². The second kappa shape index (κ2) is 8.59. The van der Waals surface area contributed by atoms with E-state index in [-0.39, 0.29) is 24.8 Å². The quantitative estimate of drug-likeness (QED) is 0.656. The molecule has 2 amide bonds. The number of benzene rings is 2. The number of anilines is 2. The van der Waals surface area contributed by atoms with E-state index in [1.807, 2.05) is 36.5 Å². The van der Waals surface area contributed by atoms with E-state index >= 15 is 0 Å². The van der Waals surface area contributed by atoms with Gasteiger partial charge in [0.1, 0.15) is 5.75 Å². The van der Waals surface area contributed by atoms with Crippen molar-refractivity contribution in [1.82, 2.24) is 9.78 Å². The Bertz CT molecular complexity index is 1070. The first kappa shape index (κ1) is 20.0. The van der Waals surface area contributed by atoms with Gasteiger partial charge >= 0.3 is 0 Å². The molecule has 3 aromatic rings. The van der Waals surface area contributed by atoms with Crippen molar-refractivity contribution < 1.29 is 14.3 Å². The topological polar surface area (TPSA) is 76.5 Å². The molecule has 0 aliphatic carbocycles. The lowest BCUT2D eigenvalue weighted by atomic mass is 10.1. The lowest BCUT2D eigenvalue weighted by molar-refractivity contribution is -0.122. The molecule has 30 heavy (non-hydrogen) atoms. The molecule has 1 fully saturated rings. The number of rotatable bonds is 6. The Labute approximate surface area is 179 Å². The van der Waals surface area contributed by atoms with E-state index in [0.29, 0.717) is 28.7 Å². The largest absolute Gasteiger partial charge is 0.495 e. The van der Waals surface area contributed by atoms with Gasteiger partial charge in [-0.15, -0.1) is 0 Å². The Balaban J connectivity index is 1.50. The fourth-order valence-electron chi connectivity index (χ4n) is 3.57. The molecule has 2 heterocycles. The van der Waals surface area contributed by atoms with Gasteiger partial charge in [-0.25, -0.2) is 0 Å². The molecule has 1 aliphatic rings. The zero-order chi connectivity index (χ0) is 21.1. The number of aromatic nitrogens is 2. The number of ether oxygens (including phenoxy) is 1. The summed E-state index contributed by atoms with van der Waals surface area (Å²) in [5, 5.41) is 7.70. The van der Waals surface area contributed by atoms with E-state index < -0.39 is 5.92 Å². The van der Waals surface area contributed by atoms with E-state index in [4.69, 9.17) is 16.3 Å². The Kier molecular flexibility index (Phi) is 5.72. The molecule has 4 rings (SSSR count). The SMILES string of the molecule is COc1ccc(Cl)cc1N1CC(C(=O)Nc2ccccc2Cn2cccn2)CC1=O. The predicted octanol–water partition coefficient (Wildman–Crippen LogP) is 3.59. The highest BCUT2D eigenvalue weighted by molar-refractivity contribution is 6.31. The van der Waals surface area contributed by atoms with Crippen molar-refractivity contribution in [3.63, 3.8) is 0 Å². The van der Waals surface area contributed by atoms with Crippen LogP contribution >= 0.6 is 11.6 Å². The van der Waals surface area contributed by atoms with Gasteiger partial charge in [-0.3, -0.25) is 14.3 Å². The van der Waals surface area contributed by atoms with Crippen LogP contribution in [-0.4, -0.2) is 35.2 Å².